The second-order valence-electron chi connectivity index (χ2n) is 2.64. The number of ketones is 1. The van der Waals surface area contributed by atoms with Gasteiger partial charge in [-0.1, -0.05) is 13.3 Å². The second-order valence-corrected chi connectivity index (χ2v) is 5.37. The van der Waals surface area contributed by atoms with Crippen LogP contribution in [0.2, 0.25) is 0 Å². The molecular weight excluding hydrogens is 176 g/mol. The lowest BCUT2D eigenvalue weighted by molar-refractivity contribution is -0.117. The fraction of sp³-hybridized carbons (Fsp3) is 0.875. The van der Waals surface area contributed by atoms with Crippen LogP contribution in [0.15, 0.2) is 0 Å². The Morgan fingerprint density at radius 3 is 2.64 bits per heavy atom. The molecule has 0 aromatic rings. The Kier molecular flexibility index (Phi) is 4.38. The third kappa shape index (κ3) is 3.08. The lowest BCUT2D eigenvalue weighted by atomic mass is 10.2. The molecule has 1 saturated heterocycles. The lowest BCUT2D eigenvalue weighted by Crippen LogP contribution is -2.09. The fourth-order valence-corrected chi connectivity index (χ4v) is 3.78. The van der Waals surface area contributed by atoms with Crippen molar-refractivity contribution in [2.75, 3.05) is 11.5 Å². The number of carbonyl (C=O) groups is 1. The van der Waals surface area contributed by atoms with Crippen molar-refractivity contribution in [2.45, 2.75) is 30.8 Å². The average molecular weight is 190 g/mol. The highest BCUT2D eigenvalue weighted by molar-refractivity contribution is 8.21. The van der Waals surface area contributed by atoms with Gasteiger partial charge in [0.15, 0.2) is 5.78 Å². The highest BCUT2D eigenvalue weighted by Gasteiger charge is 2.22. The number of unbranched alkanes of at least 4 members (excludes halogenated alkanes) is 1. The smallest absolute Gasteiger partial charge is 0.155 e. The third-order valence-electron chi connectivity index (χ3n) is 1.66. The van der Waals surface area contributed by atoms with Gasteiger partial charge in [-0.2, -0.15) is 0 Å². The van der Waals surface area contributed by atoms with Gasteiger partial charge in [0.25, 0.3) is 0 Å². The normalized spacial score (nSPS) is 19.0. The van der Waals surface area contributed by atoms with E-state index in [-0.39, 0.29) is 4.58 Å². The van der Waals surface area contributed by atoms with Crippen molar-refractivity contribution < 1.29 is 4.79 Å². The Morgan fingerprint density at radius 2 is 2.09 bits per heavy atom. The maximum atomic E-state index is 11.4. The van der Waals surface area contributed by atoms with Gasteiger partial charge < -0.3 is 0 Å². The molecule has 0 N–H and O–H groups in total. The summed E-state index contributed by atoms with van der Waals surface area (Å²) in [6, 6.07) is 0. The molecule has 0 amide bonds. The molecule has 0 aliphatic carbocycles. The Bertz CT molecular complexity index is 130. The molecule has 64 valence electrons. The number of hydrogen-bond acceptors (Lipinski definition) is 3. The Balaban J connectivity index is 2.17. The average Bonchev–Trinajstić information content (AvgIpc) is 2.52. The van der Waals surface area contributed by atoms with E-state index in [0.29, 0.717) is 5.78 Å². The van der Waals surface area contributed by atoms with Gasteiger partial charge in [0.05, 0.1) is 0 Å². The van der Waals surface area contributed by atoms with Gasteiger partial charge in [-0.15, -0.1) is 23.5 Å². The predicted molar refractivity (Wildman–Crippen MR) is 53.2 cm³/mol. The summed E-state index contributed by atoms with van der Waals surface area (Å²) in [5.41, 5.74) is 0. The van der Waals surface area contributed by atoms with Crippen LogP contribution in [0.1, 0.15) is 26.2 Å². The quantitative estimate of drug-likeness (QED) is 0.678. The molecule has 0 aromatic carbocycles. The standard InChI is InChI=1S/C8H14OS2/c1-2-3-4-7(9)8-10-5-6-11-8/h8H,2-6H2,1H3. The second kappa shape index (κ2) is 5.09. The van der Waals surface area contributed by atoms with E-state index >= 15 is 0 Å². The first-order chi connectivity index (χ1) is 5.34. The SMILES string of the molecule is CCCCC(=O)C1SCCS1. The van der Waals surface area contributed by atoms with Gasteiger partial charge in [0, 0.05) is 17.9 Å². The van der Waals surface area contributed by atoms with Gasteiger partial charge >= 0.3 is 0 Å². The summed E-state index contributed by atoms with van der Waals surface area (Å²) in [7, 11) is 0. The summed E-state index contributed by atoms with van der Waals surface area (Å²) in [6.45, 7) is 2.13. The van der Waals surface area contributed by atoms with Crippen molar-refractivity contribution in [2.24, 2.45) is 0 Å². The molecule has 1 heterocycles. The van der Waals surface area contributed by atoms with Gasteiger partial charge in [0.1, 0.15) is 4.58 Å². The number of hydrogen-bond donors (Lipinski definition) is 0. The number of rotatable bonds is 4. The summed E-state index contributed by atoms with van der Waals surface area (Å²) >= 11 is 3.63. The topological polar surface area (TPSA) is 17.1 Å². The zero-order valence-electron chi connectivity index (χ0n) is 6.84. The van der Waals surface area contributed by atoms with Crippen molar-refractivity contribution in [3.05, 3.63) is 0 Å². The Labute approximate surface area is 76.7 Å². The van der Waals surface area contributed by atoms with Crippen molar-refractivity contribution in [3.8, 4) is 0 Å². The molecule has 0 unspecified atom stereocenters. The Morgan fingerprint density at radius 1 is 1.45 bits per heavy atom. The molecule has 0 radical (unpaired) electrons. The molecule has 1 aliphatic heterocycles. The van der Waals surface area contributed by atoms with Crippen molar-refractivity contribution in [1.29, 1.82) is 0 Å². The molecule has 1 fully saturated rings. The third-order valence-corrected chi connectivity index (χ3v) is 4.75. The highest BCUT2D eigenvalue weighted by atomic mass is 32.2. The van der Waals surface area contributed by atoms with Crippen LogP contribution < -0.4 is 0 Å². The zero-order valence-corrected chi connectivity index (χ0v) is 8.47. The summed E-state index contributed by atoms with van der Waals surface area (Å²) in [5.74, 6) is 2.78. The van der Waals surface area contributed by atoms with Crippen LogP contribution in [0.5, 0.6) is 0 Å². The van der Waals surface area contributed by atoms with Crippen LogP contribution in [0.25, 0.3) is 0 Å². The maximum Gasteiger partial charge on any atom is 0.155 e. The molecule has 1 rings (SSSR count). The molecule has 0 spiro atoms. The summed E-state index contributed by atoms with van der Waals surface area (Å²) in [6.07, 6.45) is 2.99. The number of Topliss-reactive ketones (excluding diaryl/α,β-unsaturated/α-hetero) is 1. The molecular formula is C8H14OS2. The van der Waals surface area contributed by atoms with E-state index in [2.05, 4.69) is 6.92 Å². The first-order valence-corrected chi connectivity index (χ1v) is 6.20. The molecule has 0 aromatic heterocycles. The van der Waals surface area contributed by atoms with Crippen LogP contribution >= 0.6 is 23.5 Å². The Hall–Kier alpha value is 0.370. The fourth-order valence-electron chi connectivity index (χ4n) is 1.01. The monoisotopic (exact) mass is 190 g/mol. The zero-order chi connectivity index (χ0) is 8.10. The lowest BCUT2D eigenvalue weighted by Gasteiger charge is -2.04. The van der Waals surface area contributed by atoms with Crippen molar-refractivity contribution >= 4 is 29.3 Å². The van der Waals surface area contributed by atoms with Crippen molar-refractivity contribution in [3.63, 3.8) is 0 Å². The molecule has 0 atom stereocenters. The maximum absolute atomic E-state index is 11.4. The summed E-state index contributed by atoms with van der Waals surface area (Å²) < 4.78 is 0.279. The minimum atomic E-state index is 0.279. The first kappa shape index (κ1) is 9.46. The molecule has 1 nitrogen and oxygen atoms in total. The van der Waals surface area contributed by atoms with E-state index in [9.17, 15) is 4.79 Å². The van der Waals surface area contributed by atoms with E-state index in [1.807, 2.05) is 23.5 Å². The van der Waals surface area contributed by atoms with Gasteiger partial charge in [-0.05, 0) is 6.42 Å². The van der Waals surface area contributed by atoms with E-state index in [1.165, 1.54) is 0 Å². The molecule has 1 aliphatic rings. The molecule has 0 bridgehead atoms. The van der Waals surface area contributed by atoms with Crippen LogP contribution in [0.3, 0.4) is 0 Å². The van der Waals surface area contributed by atoms with E-state index in [0.717, 1.165) is 30.8 Å². The number of carbonyl (C=O) groups excluding carboxylic acids is 1. The minimum absolute atomic E-state index is 0.279. The van der Waals surface area contributed by atoms with Crippen molar-refractivity contribution in [1.82, 2.24) is 0 Å². The summed E-state index contributed by atoms with van der Waals surface area (Å²) in [4.78, 5) is 11.4. The van der Waals surface area contributed by atoms with Gasteiger partial charge in [0.2, 0.25) is 0 Å². The number of thioether (sulfide) groups is 2. The van der Waals surface area contributed by atoms with E-state index in [1.54, 1.807) is 0 Å². The van der Waals surface area contributed by atoms with Crippen LogP contribution in [-0.2, 0) is 4.79 Å². The minimum Gasteiger partial charge on any atom is -0.298 e. The van der Waals surface area contributed by atoms with Gasteiger partial charge in [-0.3, -0.25) is 4.79 Å². The van der Waals surface area contributed by atoms with E-state index < -0.39 is 0 Å². The molecule has 0 saturated carbocycles. The van der Waals surface area contributed by atoms with Gasteiger partial charge in [-0.25, -0.2) is 0 Å². The first-order valence-electron chi connectivity index (χ1n) is 4.10. The summed E-state index contributed by atoms with van der Waals surface area (Å²) in [5, 5.41) is 0. The largest absolute Gasteiger partial charge is 0.298 e. The molecule has 3 heteroatoms. The van der Waals surface area contributed by atoms with Crippen LogP contribution in [0, 0.1) is 0 Å². The van der Waals surface area contributed by atoms with Crippen LogP contribution in [-0.4, -0.2) is 21.9 Å². The predicted octanol–water partition coefficient (Wildman–Crippen LogP) is 2.55. The van der Waals surface area contributed by atoms with E-state index in [4.69, 9.17) is 0 Å². The highest BCUT2D eigenvalue weighted by Crippen LogP contribution is 2.33. The van der Waals surface area contributed by atoms with Crippen LogP contribution in [0.4, 0.5) is 0 Å². The molecule has 11 heavy (non-hydrogen) atoms.